The molecule has 0 aromatic rings. The molecule has 0 nitrogen and oxygen atoms in total. The topological polar surface area (TPSA) is 0 Å². The Morgan fingerprint density at radius 1 is 1.11 bits per heavy atom. The van der Waals surface area contributed by atoms with Crippen molar-refractivity contribution in [3.8, 4) is 0 Å². The van der Waals surface area contributed by atoms with Crippen LogP contribution in [0.5, 0.6) is 0 Å². The molecule has 9 heavy (non-hydrogen) atoms. The molecule has 0 saturated carbocycles. The molecular formula is C6H11Br3. The summed E-state index contributed by atoms with van der Waals surface area (Å²) >= 11 is 10.5. The molecule has 0 N–H and O–H groups in total. The van der Waals surface area contributed by atoms with Crippen LogP contribution in [-0.4, -0.2) is 15.0 Å². The number of hydrogen-bond acceptors (Lipinski definition) is 0. The van der Waals surface area contributed by atoms with Crippen LogP contribution in [0.4, 0.5) is 0 Å². The lowest BCUT2D eigenvalue weighted by Gasteiger charge is -2.19. The zero-order chi connectivity index (χ0) is 7.33. The Morgan fingerprint density at radius 2 is 1.44 bits per heavy atom. The summed E-state index contributed by atoms with van der Waals surface area (Å²) in [5.74, 6) is 0. The van der Waals surface area contributed by atoms with E-state index >= 15 is 0 Å². The molecule has 0 aliphatic carbocycles. The highest BCUT2D eigenvalue weighted by Crippen LogP contribution is 2.27. The second kappa shape index (κ2) is 5.14. The number of alkyl halides is 3. The van der Waals surface area contributed by atoms with Gasteiger partial charge in [-0.25, -0.2) is 0 Å². The highest BCUT2D eigenvalue weighted by molar-refractivity contribution is 9.10. The highest BCUT2D eigenvalue weighted by atomic mass is 79.9. The third-order valence-electron chi connectivity index (χ3n) is 1.23. The zero-order valence-electron chi connectivity index (χ0n) is 5.46. The molecule has 0 saturated heterocycles. The molecule has 0 aromatic heterocycles. The van der Waals surface area contributed by atoms with Gasteiger partial charge in [0, 0.05) is 15.0 Å². The predicted molar refractivity (Wildman–Crippen MR) is 54.2 cm³/mol. The molecule has 0 amide bonds. The largest absolute Gasteiger partial charge is 0.0928 e. The maximum absolute atomic E-state index is 3.64. The summed E-state index contributed by atoms with van der Waals surface area (Å²) in [5, 5.41) is 2.14. The van der Waals surface area contributed by atoms with E-state index in [4.69, 9.17) is 0 Å². The third-order valence-corrected chi connectivity index (χ3v) is 2.82. The molecule has 3 heteroatoms. The van der Waals surface area contributed by atoms with Crippen LogP contribution in [0.25, 0.3) is 0 Å². The van der Waals surface area contributed by atoms with Crippen molar-refractivity contribution in [2.24, 2.45) is 0 Å². The Hall–Kier alpha value is 1.44. The highest BCUT2D eigenvalue weighted by Gasteiger charge is 2.17. The SMILES string of the molecule is CC(Br)(CCBr)CCBr. The summed E-state index contributed by atoms with van der Waals surface area (Å²) in [7, 11) is 0. The van der Waals surface area contributed by atoms with Crippen LogP contribution in [0.2, 0.25) is 0 Å². The van der Waals surface area contributed by atoms with Crippen LogP contribution in [0.1, 0.15) is 19.8 Å². The van der Waals surface area contributed by atoms with Crippen molar-refractivity contribution in [2.45, 2.75) is 24.1 Å². The molecule has 0 aromatic carbocycles. The van der Waals surface area contributed by atoms with Crippen LogP contribution in [-0.2, 0) is 0 Å². The third kappa shape index (κ3) is 5.86. The molecule has 0 unspecified atom stereocenters. The van der Waals surface area contributed by atoms with E-state index in [2.05, 4.69) is 54.7 Å². The van der Waals surface area contributed by atoms with Gasteiger partial charge in [0.25, 0.3) is 0 Å². The molecule has 0 fully saturated rings. The molecule has 0 atom stereocenters. The lowest BCUT2D eigenvalue weighted by atomic mass is 10.1. The van der Waals surface area contributed by atoms with Gasteiger partial charge in [0.1, 0.15) is 0 Å². The van der Waals surface area contributed by atoms with Crippen LogP contribution in [0.3, 0.4) is 0 Å². The minimum absolute atomic E-state index is 0.319. The first-order valence-corrected chi connectivity index (χ1v) is 5.97. The average molecular weight is 323 g/mol. The minimum atomic E-state index is 0.319. The first-order chi connectivity index (χ1) is 4.12. The van der Waals surface area contributed by atoms with Crippen LogP contribution in [0.15, 0.2) is 0 Å². The van der Waals surface area contributed by atoms with Crippen molar-refractivity contribution >= 4 is 47.8 Å². The minimum Gasteiger partial charge on any atom is -0.0928 e. The summed E-state index contributed by atoms with van der Waals surface area (Å²) in [6.07, 6.45) is 2.36. The van der Waals surface area contributed by atoms with Crippen molar-refractivity contribution in [1.29, 1.82) is 0 Å². The summed E-state index contributed by atoms with van der Waals surface area (Å²) in [6.45, 7) is 2.22. The molecule has 0 radical (unpaired) electrons. The van der Waals surface area contributed by atoms with E-state index in [1.165, 1.54) is 12.8 Å². The van der Waals surface area contributed by atoms with Gasteiger partial charge in [-0.1, -0.05) is 47.8 Å². The average Bonchev–Trinajstić information content (AvgIpc) is 1.64. The van der Waals surface area contributed by atoms with Gasteiger partial charge in [-0.2, -0.15) is 0 Å². The summed E-state index contributed by atoms with van der Waals surface area (Å²) in [5.41, 5.74) is 0. The van der Waals surface area contributed by atoms with Gasteiger partial charge < -0.3 is 0 Å². The van der Waals surface area contributed by atoms with Crippen LogP contribution in [0, 0.1) is 0 Å². The zero-order valence-corrected chi connectivity index (χ0v) is 10.2. The lowest BCUT2D eigenvalue weighted by molar-refractivity contribution is 0.628. The van der Waals surface area contributed by atoms with Crippen LogP contribution >= 0.6 is 47.8 Å². The van der Waals surface area contributed by atoms with Gasteiger partial charge in [-0.3, -0.25) is 0 Å². The Bertz CT molecular complexity index is 62.7. The maximum Gasteiger partial charge on any atom is 0.0245 e. The smallest absolute Gasteiger partial charge is 0.0245 e. The van der Waals surface area contributed by atoms with E-state index in [0.717, 1.165) is 10.7 Å². The molecular weight excluding hydrogens is 312 g/mol. The van der Waals surface area contributed by atoms with Crippen molar-refractivity contribution in [2.75, 3.05) is 10.7 Å². The van der Waals surface area contributed by atoms with Crippen molar-refractivity contribution in [3.63, 3.8) is 0 Å². The van der Waals surface area contributed by atoms with Crippen molar-refractivity contribution in [1.82, 2.24) is 0 Å². The molecule has 0 spiro atoms. The van der Waals surface area contributed by atoms with Gasteiger partial charge in [0.15, 0.2) is 0 Å². The standard InChI is InChI=1S/C6H11Br3/c1-6(9,2-4-7)3-5-8/h2-5H2,1H3. The quantitative estimate of drug-likeness (QED) is 0.692. The molecule has 0 heterocycles. The van der Waals surface area contributed by atoms with E-state index < -0.39 is 0 Å². The van der Waals surface area contributed by atoms with E-state index in [1.54, 1.807) is 0 Å². The number of rotatable bonds is 4. The first-order valence-electron chi connectivity index (χ1n) is 2.93. The van der Waals surface area contributed by atoms with Crippen molar-refractivity contribution < 1.29 is 0 Å². The molecule has 0 aliphatic heterocycles. The normalized spacial score (nSPS) is 12.0. The molecule has 0 aliphatic rings. The lowest BCUT2D eigenvalue weighted by Crippen LogP contribution is -2.16. The Labute approximate surface area is 82.2 Å². The Morgan fingerprint density at radius 3 is 1.67 bits per heavy atom. The maximum atomic E-state index is 3.64. The van der Waals surface area contributed by atoms with Crippen molar-refractivity contribution in [3.05, 3.63) is 0 Å². The molecule has 0 bridgehead atoms. The summed E-state index contributed by atoms with van der Waals surface area (Å²) in [4.78, 5) is 0. The van der Waals surface area contributed by atoms with Gasteiger partial charge >= 0.3 is 0 Å². The van der Waals surface area contributed by atoms with Crippen LogP contribution < -0.4 is 0 Å². The molecule has 0 rings (SSSR count). The summed E-state index contributed by atoms with van der Waals surface area (Å²) < 4.78 is 0.319. The monoisotopic (exact) mass is 320 g/mol. The van der Waals surface area contributed by atoms with E-state index in [1.807, 2.05) is 0 Å². The second-order valence-corrected chi connectivity index (χ2v) is 5.79. The fourth-order valence-electron chi connectivity index (χ4n) is 0.519. The number of hydrogen-bond donors (Lipinski definition) is 0. The first kappa shape index (κ1) is 10.4. The number of halogens is 3. The second-order valence-electron chi connectivity index (χ2n) is 2.29. The Kier molecular flexibility index (Phi) is 5.96. The molecule has 56 valence electrons. The van der Waals surface area contributed by atoms with E-state index in [0.29, 0.717) is 4.32 Å². The summed E-state index contributed by atoms with van der Waals surface area (Å²) in [6, 6.07) is 0. The van der Waals surface area contributed by atoms with Gasteiger partial charge in [0.2, 0.25) is 0 Å². The predicted octanol–water partition coefficient (Wildman–Crippen LogP) is 3.71. The van der Waals surface area contributed by atoms with Gasteiger partial charge in [0.05, 0.1) is 0 Å². The Balaban J connectivity index is 3.43. The van der Waals surface area contributed by atoms with E-state index in [9.17, 15) is 0 Å². The fraction of sp³-hybridized carbons (Fsp3) is 1.00. The van der Waals surface area contributed by atoms with E-state index in [-0.39, 0.29) is 0 Å². The fourth-order valence-corrected chi connectivity index (χ4v) is 3.73. The van der Waals surface area contributed by atoms with Gasteiger partial charge in [-0.15, -0.1) is 0 Å². The van der Waals surface area contributed by atoms with Gasteiger partial charge in [-0.05, 0) is 19.8 Å².